The van der Waals surface area contributed by atoms with E-state index in [-0.39, 0.29) is 6.54 Å². The molecule has 2 N–H and O–H groups in total. The Labute approximate surface area is 54.3 Å². The molecule has 0 saturated heterocycles. The summed E-state index contributed by atoms with van der Waals surface area (Å²) in [6.07, 6.45) is 2.40. The first-order valence-electron chi connectivity index (χ1n) is 2.50. The van der Waals surface area contributed by atoms with Crippen LogP contribution >= 0.6 is 0 Å². The molecule has 3 heteroatoms. The van der Waals surface area contributed by atoms with Gasteiger partial charge in [0.05, 0.1) is 0 Å². The minimum Gasteiger partial charge on any atom is -0.349 e. The first-order chi connectivity index (χ1) is 4.12. The molecule has 0 spiro atoms. The lowest BCUT2D eigenvalue weighted by atomic mass is 10.4. The molecule has 0 amide bonds. The molecule has 0 rings (SSSR count). The Morgan fingerprint density at radius 2 is 2.00 bits per heavy atom. The van der Waals surface area contributed by atoms with Gasteiger partial charge in [0.1, 0.15) is 0 Å². The van der Waals surface area contributed by atoms with Gasteiger partial charge in [-0.25, -0.2) is 0 Å². The summed E-state index contributed by atoms with van der Waals surface area (Å²) in [4.78, 5) is 0. The summed E-state index contributed by atoms with van der Waals surface area (Å²) in [5, 5.41) is 20.7. The zero-order valence-corrected chi connectivity index (χ0v) is 5.12. The first-order valence-corrected chi connectivity index (χ1v) is 2.50. The van der Waals surface area contributed by atoms with Gasteiger partial charge in [-0.05, 0) is 6.08 Å². The monoisotopic (exact) mass is 128 g/mol. The Balaban J connectivity index is 3.57. The van der Waals surface area contributed by atoms with Crippen LogP contribution in [0.2, 0.25) is 0 Å². The van der Waals surface area contributed by atoms with Gasteiger partial charge in [0.15, 0.2) is 0 Å². The molecule has 0 aromatic heterocycles. The fraction of sp³-hybridized carbons (Fsp3) is 0.333. The standard InChI is InChI=1S/C6H10NO2/c1-3-5-7-6(8,9)4-2/h3-4,8-9H,1-2,5H2. The zero-order chi connectivity index (χ0) is 7.33. The summed E-state index contributed by atoms with van der Waals surface area (Å²) in [7, 11) is 0. The minimum absolute atomic E-state index is 0.207. The van der Waals surface area contributed by atoms with Crippen molar-refractivity contribution in [2.24, 2.45) is 0 Å². The van der Waals surface area contributed by atoms with E-state index in [1.54, 1.807) is 0 Å². The van der Waals surface area contributed by atoms with Crippen molar-refractivity contribution in [3.05, 3.63) is 25.3 Å². The summed E-state index contributed by atoms with van der Waals surface area (Å²) in [5.41, 5.74) is 0. The molecule has 0 unspecified atom stereocenters. The van der Waals surface area contributed by atoms with E-state index in [4.69, 9.17) is 10.2 Å². The quantitative estimate of drug-likeness (QED) is 0.400. The van der Waals surface area contributed by atoms with Crippen LogP contribution in [0, 0.1) is 0 Å². The number of hydrogen-bond acceptors (Lipinski definition) is 2. The topological polar surface area (TPSA) is 54.6 Å². The van der Waals surface area contributed by atoms with Crippen molar-refractivity contribution in [3.8, 4) is 0 Å². The third kappa shape index (κ3) is 3.90. The lowest BCUT2D eigenvalue weighted by molar-refractivity contribution is -0.143. The maximum Gasteiger partial charge on any atom is 0.259 e. The summed E-state index contributed by atoms with van der Waals surface area (Å²) < 4.78 is 0. The predicted octanol–water partition coefficient (Wildman–Crippen LogP) is -0.399. The average Bonchev–Trinajstić information content (AvgIpc) is 1.84. The van der Waals surface area contributed by atoms with Crippen LogP contribution in [0.1, 0.15) is 0 Å². The summed E-state index contributed by atoms with van der Waals surface area (Å²) >= 11 is 0. The molecule has 3 nitrogen and oxygen atoms in total. The van der Waals surface area contributed by atoms with Crippen LogP contribution in [0.3, 0.4) is 0 Å². The van der Waals surface area contributed by atoms with E-state index in [2.05, 4.69) is 18.5 Å². The highest BCUT2D eigenvalue weighted by atomic mass is 16.5. The molecule has 9 heavy (non-hydrogen) atoms. The van der Waals surface area contributed by atoms with Gasteiger partial charge >= 0.3 is 0 Å². The van der Waals surface area contributed by atoms with Crippen molar-refractivity contribution in [2.75, 3.05) is 6.54 Å². The Morgan fingerprint density at radius 3 is 2.33 bits per heavy atom. The first kappa shape index (κ1) is 8.36. The van der Waals surface area contributed by atoms with E-state index in [9.17, 15) is 0 Å². The maximum atomic E-state index is 8.68. The molecule has 0 bridgehead atoms. The molecule has 0 saturated carbocycles. The van der Waals surface area contributed by atoms with E-state index in [0.717, 1.165) is 6.08 Å². The molecular weight excluding hydrogens is 118 g/mol. The number of nitrogens with zero attached hydrogens (tertiary/aromatic N) is 1. The maximum absolute atomic E-state index is 8.68. The largest absolute Gasteiger partial charge is 0.349 e. The number of aliphatic hydroxyl groups is 2. The fourth-order valence-corrected chi connectivity index (χ4v) is 0.263. The molecule has 0 aliphatic carbocycles. The minimum atomic E-state index is -2.09. The van der Waals surface area contributed by atoms with Crippen LogP contribution in [-0.2, 0) is 0 Å². The number of rotatable bonds is 4. The molecule has 0 heterocycles. The lowest BCUT2D eigenvalue weighted by Crippen LogP contribution is -2.36. The van der Waals surface area contributed by atoms with E-state index in [0.29, 0.717) is 0 Å². The van der Waals surface area contributed by atoms with Crippen LogP contribution < -0.4 is 5.32 Å². The smallest absolute Gasteiger partial charge is 0.259 e. The normalized spacial score (nSPS) is 10.9. The van der Waals surface area contributed by atoms with Gasteiger partial charge in [0.25, 0.3) is 5.91 Å². The molecule has 51 valence electrons. The third-order valence-corrected chi connectivity index (χ3v) is 0.727. The molecule has 0 aromatic rings. The Kier molecular flexibility index (Phi) is 3.16. The van der Waals surface area contributed by atoms with E-state index in [1.165, 1.54) is 6.08 Å². The van der Waals surface area contributed by atoms with Crippen molar-refractivity contribution in [1.29, 1.82) is 0 Å². The summed E-state index contributed by atoms with van der Waals surface area (Å²) in [6.45, 7) is 6.71. The van der Waals surface area contributed by atoms with Crippen molar-refractivity contribution in [2.45, 2.75) is 5.91 Å². The Morgan fingerprint density at radius 1 is 1.44 bits per heavy atom. The second-order valence-electron chi connectivity index (χ2n) is 1.52. The molecule has 0 aliphatic rings. The van der Waals surface area contributed by atoms with Crippen LogP contribution in [0.25, 0.3) is 0 Å². The lowest BCUT2D eigenvalue weighted by Gasteiger charge is -2.14. The van der Waals surface area contributed by atoms with Gasteiger partial charge in [0, 0.05) is 6.54 Å². The van der Waals surface area contributed by atoms with Gasteiger partial charge in [-0.3, -0.25) is 0 Å². The van der Waals surface area contributed by atoms with Crippen LogP contribution in [-0.4, -0.2) is 22.7 Å². The second kappa shape index (κ2) is 3.40. The SMILES string of the molecule is C=CC[N]C(O)(O)C=C. The van der Waals surface area contributed by atoms with E-state index >= 15 is 0 Å². The molecular formula is C6H10NO2. The van der Waals surface area contributed by atoms with Crippen LogP contribution in [0.4, 0.5) is 0 Å². The zero-order valence-electron chi connectivity index (χ0n) is 5.12. The second-order valence-corrected chi connectivity index (χ2v) is 1.52. The Hall–Kier alpha value is -0.640. The van der Waals surface area contributed by atoms with E-state index in [1.807, 2.05) is 0 Å². The van der Waals surface area contributed by atoms with Crippen molar-refractivity contribution in [1.82, 2.24) is 5.32 Å². The predicted molar refractivity (Wildman–Crippen MR) is 34.6 cm³/mol. The van der Waals surface area contributed by atoms with Crippen molar-refractivity contribution < 1.29 is 10.2 Å². The molecule has 0 aliphatic heterocycles. The van der Waals surface area contributed by atoms with Crippen LogP contribution in [0.5, 0.6) is 0 Å². The summed E-state index contributed by atoms with van der Waals surface area (Å²) in [5.74, 6) is -2.09. The molecule has 0 atom stereocenters. The highest BCUT2D eigenvalue weighted by Gasteiger charge is 2.16. The summed E-state index contributed by atoms with van der Waals surface area (Å²) in [6, 6.07) is 0. The van der Waals surface area contributed by atoms with Gasteiger partial charge in [-0.2, -0.15) is 5.32 Å². The number of hydrogen-bond donors (Lipinski definition) is 2. The highest BCUT2D eigenvalue weighted by molar-refractivity contribution is 4.85. The van der Waals surface area contributed by atoms with E-state index < -0.39 is 5.91 Å². The van der Waals surface area contributed by atoms with Crippen molar-refractivity contribution >= 4 is 0 Å². The van der Waals surface area contributed by atoms with Gasteiger partial charge in [-0.1, -0.05) is 12.7 Å². The highest BCUT2D eigenvalue weighted by Crippen LogP contribution is 1.94. The molecule has 1 radical (unpaired) electrons. The molecule has 0 fully saturated rings. The molecule has 0 aromatic carbocycles. The van der Waals surface area contributed by atoms with Crippen molar-refractivity contribution in [3.63, 3.8) is 0 Å². The van der Waals surface area contributed by atoms with Gasteiger partial charge in [-0.15, -0.1) is 6.58 Å². The van der Waals surface area contributed by atoms with Gasteiger partial charge < -0.3 is 10.2 Å². The van der Waals surface area contributed by atoms with Crippen LogP contribution in [0.15, 0.2) is 25.3 Å². The fourth-order valence-electron chi connectivity index (χ4n) is 0.263. The van der Waals surface area contributed by atoms with Gasteiger partial charge in [0.2, 0.25) is 0 Å². The third-order valence-electron chi connectivity index (χ3n) is 0.727. The Bertz CT molecular complexity index is 110. The average molecular weight is 128 g/mol.